The second-order valence-corrected chi connectivity index (χ2v) is 8.55. The van der Waals surface area contributed by atoms with Gasteiger partial charge in [0.2, 0.25) is 0 Å². The lowest BCUT2D eigenvalue weighted by Gasteiger charge is -2.35. The van der Waals surface area contributed by atoms with Crippen molar-refractivity contribution in [2.24, 2.45) is 0 Å². The number of hydrogen-bond donors (Lipinski definition) is 0. The Morgan fingerprint density at radius 2 is 1.90 bits per heavy atom. The van der Waals surface area contributed by atoms with Crippen LogP contribution in [0.5, 0.6) is 0 Å². The Balaban J connectivity index is 3.08. The maximum absolute atomic E-state index is 13.5. The minimum Gasteiger partial charge on any atom is -0.333 e. The summed E-state index contributed by atoms with van der Waals surface area (Å²) in [6.45, 7) is 5.42. The molecule has 0 spiro atoms. The molecule has 1 aromatic carbocycles. The van der Waals surface area contributed by atoms with Crippen molar-refractivity contribution in [3.63, 3.8) is 0 Å². The van der Waals surface area contributed by atoms with Crippen molar-refractivity contribution in [2.75, 3.05) is 18.6 Å². The number of halogens is 2. The predicted octanol–water partition coefficient (Wildman–Crippen LogP) is 2.76. The molecule has 0 heterocycles. The molecule has 0 radical (unpaired) electrons. The summed E-state index contributed by atoms with van der Waals surface area (Å²) in [4.78, 5) is 13.9. The largest absolute Gasteiger partial charge is 0.333 e. The van der Waals surface area contributed by atoms with Gasteiger partial charge < -0.3 is 4.90 Å². The van der Waals surface area contributed by atoms with E-state index in [9.17, 15) is 17.6 Å². The Kier molecular flexibility index (Phi) is 5.39. The van der Waals surface area contributed by atoms with Crippen molar-refractivity contribution < 1.29 is 17.6 Å². The molecule has 21 heavy (non-hydrogen) atoms. The minimum atomic E-state index is -3.20. The van der Waals surface area contributed by atoms with Gasteiger partial charge in [0.1, 0.15) is 15.7 Å². The molecule has 1 amide bonds. The minimum absolute atomic E-state index is 0.0470. The molecule has 0 aromatic heterocycles. The second kappa shape index (κ2) is 6.32. The molecule has 0 saturated carbocycles. The summed E-state index contributed by atoms with van der Waals surface area (Å²) in [6.07, 6.45) is 1.11. The molecule has 7 heteroatoms. The molecule has 0 N–H and O–H groups in total. The molecule has 118 valence electrons. The molecular weight excluding hydrogens is 317 g/mol. The van der Waals surface area contributed by atoms with Crippen LogP contribution in [-0.4, -0.2) is 43.3 Å². The molecule has 0 unspecified atom stereocenters. The Bertz CT molecular complexity index is 638. The van der Waals surface area contributed by atoms with Crippen molar-refractivity contribution in [1.29, 1.82) is 0 Å². The van der Waals surface area contributed by atoms with Gasteiger partial charge >= 0.3 is 0 Å². The van der Waals surface area contributed by atoms with Crippen LogP contribution >= 0.6 is 11.6 Å². The maximum Gasteiger partial charge on any atom is 0.254 e. The summed E-state index contributed by atoms with van der Waals surface area (Å²) < 4.78 is 36.1. The van der Waals surface area contributed by atoms with Gasteiger partial charge in [-0.25, -0.2) is 12.8 Å². The third-order valence-corrected chi connectivity index (χ3v) is 4.14. The zero-order valence-electron chi connectivity index (χ0n) is 12.5. The first kappa shape index (κ1) is 17.9. The van der Waals surface area contributed by atoms with Crippen LogP contribution in [0.3, 0.4) is 0 Å². The van der Waals surface area contributed by atoms with E-state index in [1.807, 2.05) is 0 Å². The average molecular weight is 336 g/mol. The first-order chi connectivity index (χ1) is 9.42. The van der Waals surface area contributed by atoms with Gasteiger partial charge in [0.05, 0.1) is 10.8 Å². The lowest BCUT2D eigenvalue weighted by atomic mass is 10.0. The van der Waals surface area contributed by atoms with E-state index in [-0.39, 0.29) is 22.9 Å². The van der Waals surface area contributed by atoms with Crippen LogP contribution in [-0.2, 0) is 9.84 Å². The topological polar surface area (TPSA) is 54.5 Å². The van der Waals surface area contributed by atoms with Crippen molar-refractivity contribution in [1.82, 2.24) is 4.90 Å². The molecule has 4 nitrogen and oxygen atoms in total. The highest BCUT2D eigenvalue weighted by Crippen LogP contribution is 2.21. The van der Waals surface area contributed by atoms with Crippen LogP contribution in [0.2, 0.25) is 5.02 Å². The summed E-state index contributed by atoms with van der Waals surface area (Å²) in [7, 11) is -3.20. The van der Waals surface area contributed by atoms with E-state index in [0.29, 0.717) is 0 Å². The molecule has 1 aromatic rings. The SMILES string of the molecule is CC(C)(C)N(CCS(C)(=O)=O)C(=O)c1ccc(Cl)c(F)c1. The molecule has 0 atom stereocenters. The van der Waals surface area contributed by atoms with Gasteiger partial charge in [-0.1, -0.05) is 11.6 Å². The standard InChI is InChI=1S/C14H19ClFNO3S/c1-14(2,3)17(7-8-21(4,19)20)13(18)10-5-6-11(15)12(16)9-10/h5-6,9H,7-8H2,1-4H3. The van der Waals surface area contributed by atoms with E-state index in [4.69, 9.17) is 11.6 Å². The quantitative estimate of drug-likeness (QED) is 0.850. The van der Waals surface area contributed by atoms with Crippen molar-refractivity contribution in [2.45, 2.75) is 26.3 Å². The zero-order valence-corrected chi connectivity index (χ0v) is 14.1. The number of carbonyl (C=O) groups is 1. The molecule has 0 bridgehead atoms. The fourth-order valence-electron chi connectivity index (χ4n) is 1.78. The van der Waals surface area contributed by atoms with Gasteiger partial charge in [-0.05, 0) is 39.0 Å². The number of nitrogens with zero attached hydrogens (tertiary/aromatic N) is 1. The molecule has 0 aliphatic heterocycles. The molecule has 0 aliphatic rings. The van der Waals surface area contributed by atoms with E-state index < -0.39 is 27.1 Å². The fourth-order valence-corrected chi connectivity index (χ4v) is 2.42. The van der Waals surface area contributed by atoms with Gasteiger partial charge in [0.15, 0.2) is 0 Å². The lowest BCUT2D eigenvalue weighted by Crippen LogP contribution is -2.47. The number of amides is 1. The predicted molar refractivity (Wildman–Crippen MR) is 81.9 cm³/mol. The molecular formula is C14H19ClFNO3S. The highest BCUT2D eigenvalue weighted by atomic mass is 35.5. The summed E-state index contributed by atoms with van der Waals surface area (Å²) >= 11 is 5.60. The van der Waals surface area contributed by atoms with E-state index in [0.717, 1.165) is 12.3 Å². The number of rotatable bonds is 4. The summed E-state index contributed by atoms with van der Waals surface area (Å²) in [5.74, 6) is -1.26. The van der Waals surface area contributed by atoms with Crippen molar-refractivity contribution in [3.8, 4) is 0 Å². The van der Waals surface area contributed by atoms with Gasteiger partial charge in [-0.15, -0.1) is 0 Å². The molecule has 0 saturated heterocycles. The van der Waals surface area contributed by atoms with Gasteiger partial charge in [0.25, 0.3) is 5.91 Å². The Labute approximate surface area is 129 Å². The maximum atomic E-state index is 13.5. The monoisotopic (exact) mass is 335 g/mol. The average Bonchev–Trinajstić information content (AvgIpc) is 2.29. The molecule has 0 aliphatic carbocycles. The number of benzene rings is 1. The number of sulfone groups is 1. The van der Waals surface area contributed by atoms with Crippen LogP contribution < -0.4 is 0 Å². The third kappa shape index (κ3) is 5.28. The Hall–Kier alpha value is -1.14. The van der Waals surface area contributed by atoms with Crippen LogP contribution in [0.25, 0.3) is 0 Å². The normalized spacial score (nSPS) is 12.3. The summed E-state index contributed by atoms with van der Waals surface area (Å²) in [5.41, 5.74) is -0.446. The van der Waals surface area contributed by atoms with E-state index >= 15 is 0 Å². The second-order valence-electron chi connectivity index (χ2n) is 5.89. The highest BCUT2D eigenvalue weighted by molar-refractivity contribution is 7.90. The van der Waals surface area contributed by atoms with Crippen molar-refractivity contribution in [3.05, 3.63) is 34.6 Å². The van der Waals surface area contributed by atoms with Crippen LogP contribution in [0.4, 0.5) is 4.39 Å². The van der Waals surface area contributed by atoms with E-state index in [1.54, 1.807) is 20.8 Å². The van der Waals surface area contributed by atoms with Crippen LogP contribution in [0, 0.1) is 5.82 Å². The van der Waals surface area contributed by atoms with Gasteiger partial charge in [-0.2, -0.15) is 0 Å². The van der Waals surface area contributed by atoms with Gasteiger partial charge in [0, 0.05) is 23.9 Å². The lowest BCUT2D eigenvalue weighted by molar-refractivity contribution is 0.0600. The highest BCUT2D eigenvalue weighted by Gasteiger charge is 2.28. The first-order valence-electron chi connectivity index (χ1n) is 6.36. The zero-order chi connectivity index (χ0) is 16.4. The third-order valence-electron chi connectivity index (χ3n) is 2.91. The fraction of sp³-hybridized carbons (Fsp3) is 0.500. The molecule has 0 fully saturated rings. The number of carbonyl (C=O) groups excluding carboxylic acids is 1. The van der Waals surface area contributed by atoms with Crippen molar-refractivity contribution >= 4 is 27.3 Å². The smallest absolute Gasteiger partial charge is 0.254 e. The number of hydrogen-bond acceptors (Lipinski definition) is 3. The summed E-state index contributed by atoms with van der Waals surface area (Å²) in [6, 6.07) is 3.79. The first-order valence-corrected chi connectivity index (χ1v) is 8.80. The summed E-state index contributed by atoms with van der Waals surface area (Å²) in [5, 5.41) is -0.0648. The van der Waals surface area contributed by atoms with E-state index in [1.165, 1.54) is 17.0 Å². The molecule has 1 rings (SSSR count). The Morgan fingerprint density at radius 1 is 1.33 bits per heavy atom. The van der Waals surface area contributed by atoms with E-state index in [2.05, 4.69) is 0 Å². The van der Waals surface area contributed by atoms with Crippen LogP contribution in [0.15, 0.2) is 18.2 Å². The Morgan fingerprint density at radius 3 is 2.33 bits per heavy atom. The van der Waals surface area contributed by atoms with Crippen LogP contribution in [0.1, 0.15) is 31.1 Å². The van der Waals surface area contributed by atoms with Gasteiger partial charge in [-0.3, -0.25) is 4.79 Å².